The maximum absolute atomic E-state index is 12.5. The van der Waals surface area contributed by atoms with Gasteiger partial charge in [0.05, 0.1) is 0 Å². The lowest BCUT2D eigenvalue weighted by Gasteiger charge is -2.16. The Kier molecular flexibility index (Phi) is 3.52. The molecule has 1 saturated carbocycles. The second kappa shape index (κ2) is 5.19. The van der Waals surface area contributed by atoms with Crippen LogP contribution in [0.4, 0.5) is 0 Å². The van der Waals surface area contributed by atoms with Crippen LogP contribution in [-0.4, -0.2) is 39.1 Å². The van der Waals surface area contributed by atoms with E-state index >= 15 is 0 Å². The number of nitrogens with zero attached hydrogens (tertiary/aromatic N) is 3. The van der Waals surface area contributed by atoms with Crippen molar-refractivity contribution in [3.63, 3.8) is 0 Å². The molecule has 0 bridgehead atoms. The van der Waals surface area contributed by atoms with Crippen molar-refractivity contribution in [3.05, 3.63) is 11.6 Å². The molecule has 3 atom stereocenters. The van der Waals surface area contributed by atoms with Crippen LogP contribution in [0.2, 0.25) is 0 Å². The number of rotatable bonds is 4. The predicted octanol–water partition coefficient (Wildman–Crippen LogP) is 2.11. The zero-order chi connectivity index (χ0) is 14.3. The van der Waals surface area contributed by atoms with Crippen LogP contribution in [0.3, 0.4) is 0 Å². The van der Waals surface area contributed by atoms with E-state index in [0.717, 1.165) is 37.6 Å². The topological polar surface area (TPSA) is 61.9 Å². The zero-order valence-electron chi connectivity index (χ0n) is 12.6. The van der Waals surface area contributed by atoms with Crippen LogP contribution in [0.15, 0.2) is 0 Å². The van der Waals surface area contributed by atoms with E-state index in [1.165, 1.54) is 6.42 Å². The fourth-order valence-electron chi connectivity index (χ4n) is 3.36. The van der Waals surface area contributed by atoms with E-state index in [0.29, 0.717) is 29.6 Å². The van der Waals surface area contributed by atoms with Crippen molar-refractivity contribution in [1.29, 1.82) is 0 Å². The Morgan fingerprint density at radius 2 is 2.30 bits per heavy atom. The van der Waals surface area contributed by atoms with E-state index in [4.69, 9.17) is 0 Å². The van der Waals surface area contributed by atoms with Gasteiger partial charge < -0.3 is 4.90 Å². The van der Waals surface area contributed by atoms with Crippen LogP contribution in [0.25, 0.3) is 0 Å². The molecule has 5 nitrogen and oxygen atoms in total. The first-order chi connectivity index (χ1) is 9.54. The minimum atomic E-state index is 0.296. The van der Waals surface area contributed by atoms with Crippen molar-refractivity contribution in [2.75, 3.05) is 13.1 Å². The van der Waals surface area contributed by atoms with Crippen LogP contribution in [0, 0.1) is 24.7 Å². The molecule has 1 aliphatic heterocycles. The van der Waals surface area contributed by atoms with Gasteiger partial charge in [0.2, 0.25) is 5.91 Å². The highest BCUT2D eigenvalue weighted by Crippen LogP contribution is 2.45. The minimum Gasteiger partial charge on any atom is -0.342 e. The zero-order valence-corrected chi connectivity index (χ0v) is 12.6. The molecule has 0 spiro atoms. The Balaban J connectivity index is 1.54. The smallest absolute Gasteiger partial charge is 0.225 e. The molecule has 1 unspecified atom stereocenters. The van der Waals surface area contributed by atoms with E-state index < -0.39 is 0 Å². The molecule has 20 heavy (non-hydrogen) atoms. The van der Waals surface area contributed by atoms with Gasteiger partial charge in [0.1, 0.15) is 5.82 Å². The van der Waals surface area contributed by atoms with Gasteiger partial charge in [-0.15, -0.1) is 0 Å². The van der Waals surface area contributed by atoms with Gasteiger partial charge in [0, 0.05) is 24.9 Å². The minimum absolute atomic E-state index is 0.296. The lowest BCUT2D eigenvalue weighted by Crippen LogP contribution is -2.30. The second-order valence-corrected chi connectivity index (χ2v) is 6.78. The highest BCUT2D eigenvalue weighted by Gasteiger charge is 2.46. The highest BCUT2D eigenvalue weighted by atomic mass is 16.2. The van der Waals surface area contributed by atoms with Gasteiger partial charge in [0.15, 0.2) is 5.82 Å². The van der Waals surface area contributed by atoms with Crippen LogP contribution in [0.1, 0.15) is 50.7 Å². The molecule has 2 heterocycles. The quantitative estimate of drug-likeness (QED) is 0.916. The lowest BCUT2D eigenvalue weighted by molar-refractivity contribution is -0.131. The molecule has 3 rings (SSSR count). The third-order valence-electron chi connectivity index (χ3n) is 4.49. The number of hydrogen-bond acceptors (Lipinski definition) is 3. The number of aryl methyl sites for hydroxylation is 1. The van der Waals surface area contributed by atoms with Gasteiger partial charge >= 0.3 is 0 Å². The standard InChI is InChI=1S/C15H24N4O/c1-9(2)6-12-7-13(12)15(20)19-5-4-11(8-19)14-16-10(3)17-18-14/h9,11-13H,4-8H2,1-3H3,(H,16,17,18)/t11?,12-,13-/m1/s1. The molecule has 1 aromatic rings. The third-order valence-corrected chi connectivity index (χ3v) is 4.49. The van der Waals surface area contributed by atoms with Gasteiger partial charge in [-0.05, 0) is 38.0 Å². The van der Waals surface area contributed by atoms with Gasteiger partial charge in [-0.1, -0.05) is 13.8 Å². The summed E-state index contributed by atoms with van der Waals surface area (Å²) < 4.78 is 0. The van der Waals surface area contributed by atoms with Gasteiger partial charge in [-0.2, -0.15) is 5.10 Å². The van der Waals surface area contributed by atoms with E-state index in [-0.39, 0.29) is 0 Å². The van der Waals surface area contributed by atoms with Gasteiger partial charge in [-0.25, -0.2) is 4.98 Å². The molecular formula is C15H24N4O. The highest BCUT2D eigenvalue weighted by molar-refractivity contribution is 5.82. The van der Waals surface area contributed by atoms with Crippen molar-refractivity contribution < 1.29 is 4.79 Å². The van der Waals surface area contributed by atoms with Crippen molar-refractivity contribution in [2.24, 2.45) is 17.8 Å². The fourth-order valence-corrected chi connectivity index (χ4v) is 3.36. The van der Waals surface area contributed by atoms with Crippen molar-refractivity contribution >= 4 is 5.91 Å². The van der Waals surface area contributed by atoms with Crippen molar-refractivity contribution in [2.45, 2.75) is 46.0 Å². The second-order valence-electron chi connectivity index (χ2n) is 6.78. The molecule has 110 valence electrons. The monoisotopic (exact) mass is 276 g/mol. The van der Waals surface area contributed by atoms with Crippen molar-refractivity contribution in [3.8, 4) is 0 Å². The molecule has 5 heteroatoms. The number of likely N-dealkylation sites (tertiary alicyclic amines) is 1. The van der Waals surface area contributed by atoms with Gasteiger partial charge in [0.25, 0.3) is 0 Å². The molecule has 2 aliphatic rings. The Hall–Kier alpha value is -1.39. The molecule has 1 amide bonds. The molecular weight excluding hydrogens is 252 g/mol. The maximum atomic E-state index is 12.5. The first-order valence-corrected chi connectivity index (χ1v) is 7.72. The summed E-state index contributed by atoms with van der Waals surface area (Å²) in [6.45, 7) is 8.03. The van der Waals surface area contributed by atoms with E-state index in [1.807, 2.05) is 11.8 Å². The largest absolute Gasteiger partial charge is 0.342 e. The summed E-state index contributed by atoms with van der Waals surface area (Å²) in [6, 6.07) is 0. The summed E-state index contributed by atoms with van der Waals surface area (Å²) in [5.74, 6) is 4.02. The average molecular weight is 276 g/mol. The summed E-state index contributed by atoms with van der Waals surface area (Å²) in [6.07, 6.45) is 3.27. The number of carbonyl (C=O) groups excluding carboxylic acids is 1. The number of amides is 1. The SMILES string of the molecule is Cc1nc(C2CCN(C(=O)[C@@H]3C[C@H]3CC(C)C)C2)n[nH]1. The summed E-state index contributed by atoms with van der Waals surface area (Å²) in [7, 11) is 0. The normalized spacial score (nSPS) is 29.2. The number of nitrogens with one attached hydrogen (secondary N) is 1. The Morgan fingerprint density at radius 1 is 1.50 bits per heavy atom. The number of H-pyrrole nitrogens is 1. The molecule has 1 aliphatic carbocycles. The molecule has 1 aromatic heterocycles. The summed E-state index contributed by atoms with van der Waals surface area (Å²) in [5, 5.41) is 7.12. The van der Waals surface area contributed by atoms with E-state index in [1.54, 1.807) is 0 Å². The van der Waals surface area contributed by atoms with Crippen LogP contribution in [0.5, 0.6) is 0 Å². The van der Waals surface area contributed by atoms with Crippen molar-refractivity contribution in [1.82, 2.24) is 20.1 Å². The molecule has 1 N–H and O–H groups in total. The van der Waals surface area contributed by atoms with Crippen LogP contribution >= 0.6 is 0 Å². The van der Waals surface area contributed by atoms with Crippen LogP contribution < -0.4 is 0 Å². The Morgan fingerprint density at radius 3 is 2.95 bits per heavy atom. The number of carbonyl (C=O) groups is 1. The number of aromatic amines is 1. The molecule has 0 radical (unpaired) electrons. The number of aromatic nitrogens is 3. The van der Waals surface area contributed by atoms with E-state index in [2.05, 4.69) is 29.0 Å². The third kappa shape index (κ3) is 2.72. The molecule has 1 saturated heterocycles. The first kappa shape index (κ1) is 13.6. The lowest BCUT2D eigenvalue weighted by atomic mass is 10.1. The van der Waals surface area contributed by atoms with E-state index in [9.17, 15) is 4.79 Å². The average Bonchev–Trinajstić information content (AvgIpc) is 2.81. The van der Waals surface area contributed by atoms with Crippen LogP contribution in [-0.2, 0) is 4.79 Å². The molecule has 2 fully saturated rings. The number of hydrogen-bond donors (Lipinski definition) is 1. The Labute approximate surface area is 120 Å². The molecule has 0 aromatic carbocycles. The summed E-state index contributed by atoms with van der Waals surface area (Å²) >= 11 is 0. The maximum Gasteiger partial charge on any atom is 0.225 e. The Bertz CT molecular complexity index is 496. The first-order valence-electron chi connectivity index (χ1n) is 7.72. The van der Waals surface area contributed by atoms with Gasteiger partial charge in [-0.3, -0.25) is 9.89 Å². The summed E-state index contributed by atoms with van der Waals surface area (Å²) in [5.41, 5.74) is 0. The predicted molar refractivity (Wildman–Crippen MR) is 76.1 cm³/mol. The fraction of sp³-hybridized carbons (Fsp3) is 0.800. The summed E-state index contributed by atoms with van der Waals surface area (Å²) in [4.78, 5) is 18.9.